The van der Waals surface area contributed by atoms with Crippen molar-refractivity contribution in [3.05, 3.63) is 60.2 Å². The molecular weight excluding hydrogens is 344 g/mol. The molecule has 2 aromatic rings. The van der Waals surface area contributed by atoms with Gasteiger partial charge >= 0.3 is 0 Å². The van der Waals surface area contributed by atoms with E-state index in [4.69, 9.17) is 0 Å². The number of hydrogen-bond acceptors (Lipinski definition) is 3. The molecule has 0 unspecified atom stereocenters. The summed E-state index contributed by atoms with van der Waals surface area (Å²) in [5.74, 6) is -0.226. The quantitative estimate of drug-likeness (QED) is 0.739. The van der Waals surface area contributed by atoms with E-state index >= 15 is 0 Å². The largest absolute Gasteiger partial charge is 0.349 e. The summed E-state index contributed by atoms with van der Waals surface area (Å²) in [7, 11) is 0. The summed E-state index contributed by atoms with van der Waals surface area (Å²) < 4.78 is 0. The van der Waals surface area contributed by atoms with E-state index in [0.29, 0.717) is 11.3 Å². The molecule has 26 heavy (non-hydrogen) atoms. The van der Waals surface area contributed by atoms with Gasteiger partial charge in [0.15, 0.2) is 0 Å². The van der Waals surface area contributed by atoms with Crippen LogP contribution in [-0.2, 0) is 4.79 Å². The third-order valence-corrected chi connectivity index (χ3v) is 5.66. The minimum Gasteiger partial charge on any atom is -0.349 e. The fraction of sp³-hybridized carbons (Fsp3) is 0.333. The van der Waals surface area contributed by atoms with Gasteiger partial charge in [-0.3, -0.25) is 9.59 Å². The molecule has 4 nitrogen and oxygen atoms in total. The molecule has 2 aromatic carbocycles. The fourth-order valence-corrected chi connectivity index (χ4v) is 4.00. The summed E-state index contributed by atoms with van der Waals surface area (Å²) in [5, 5.41) is 5.74. The van der Waals surface area contributed by atoms with Crippen molar-refractivity contribution in [3.63, 3.8) is 0 Å². The van der Waals surface area contributed by atoms with E-state index in [0.717, 1.165) is 30.6 Å². The first-order valence-electron chi connectivity index (χ1n) is 9.06. The van der Waals surface area contributed by atoms with Gasteiger partial charge in [-0.25, -0.2) is 0 Å². The molecule has 1 saturated carbocycles. The van der Waals surface area contributed by atoms with E-state index in [9.17, 15) is 9.59 Å². The van der Waals surface area contributed by atoms with Gasteiger partial charge in [0.05, 0.1) is 16.5 Å². The lowest BCUT2D eigenvalue weighted by Crippen LogP contribution is -2.33. The van der Waals surface area contributed by atoms with Crippen LogP contribution in [0.25, 0.3) is 0 Å². The zero-order valence-corrected chi connectivity index (χ0v) is 15.7. The van der Waals surface area contributed by atoms with Crippen molar-refractivity contribution in [2.75, 3.05) is 5.32 Å². The van der Waals surface area contributed by atoms with Crippen LogP contribution in [0, 0.1) is 0 Å². The SMILES string of the molecule is C[C@H](Sc1ccccc1)C(=O)Nc1ccccc1C(=O)NC1CCCC1. The summed E-state index contributed by atoms with van der Waals surface area (Å²) in [6.45, 7) is 1.87. The lowest BCUT2D eigenvalue weighted by molar-refractivity contribution is -0.115. The molecule has 1 aliphatic rings. The number of nitrogens with one attached hydrogen (secondary N) is 2. The molecule has 1 aliphatic carbocycles. The minimum atomic E-state index is -0.261. The van der Waals surface area contributed by atoms with Gasteiger partial charge < -0.3 is 10.6 Å². The number of para-hydroxylation sites is 1. The monoisotopic (exact) mass is 368 g/mol. The first kappa shape index (κ1) is 18.5. The predicted octanol–water partition coefficient (Wildman–Crippen LogP) is 4.48. The molecule has 136 valence electrons. The topological polar surface area (TPSA) is 58.2 Å². The van der Waals surface area contributed by atoms with Gasteiger partial charge in [-0.15, -0.1) is 11.8 Å². The van der Waals surface area contributed by atoms with Crippen molar-refractivity contribution in [1.29, 1.82) is 0 Å². The van der Waals surface area contributed by atoms with Crippen molar-refractivity contribution in [2.24, 2.45) is 0 Å². The third kappa shape index (κ3) is 4.88. The van der Waals surface area contributed by atoms with E-state index in [1.54, 1.807) is 12.1 Å². The lowest BCUT2D eigenvalue weighted by atomic mass is 10.1. The highest BCUT2D eigenvalue weighted by Crippen LogP contribution is 2.25. The van der Waals surface area contributed by atoms with Crippen LogP contribution in [0.4, 0.5) is 5.69 Å². The van der Waals surface area contributed by atoms with Crippen molar-refractivity contribution >= 4 is 29.3 Å². The highest BCUT2D eigenvalue weighted by atomic mass is 32.2. The van der Waals surface area contributed by atoms with Gasteiger partial charge in [0, 0.05) is 10.9 Å². The first-order valence-corrected chi connectivity index (χ1v) is 9.94. The second-order valence-electron chi connectivity index (χ2n) is 6.56. The molecule has 1 atom stereocenters. The molecule has 0 heterocycles. The lowest BCUT2D eigenvalue weighted by Gasteiger charge is -2.16. The van der Waals surface area contributed by atoms with Crippen molar-refractivity contribution in [3.8, 4) is 0 Å². The van der Waals surface area contributed by atoms with Crippen LogP contribution >= 0.6 is 11.8 Å². The Morgan fingerprint density at radius 1 is 1.00 bits per heavy atom. The third-order valence-electron chi connectivity index (χ3n) is 4.55. The van der Waals surface area contributed by atoms with Crippen molar-refractivity contribution in [2.45, 2.75) is 48.8 Å². The number of hydrogen-bond donors (Lipinski definition) is 2. The molecule has 0 saturated heterocycles. The van der Waals surface area contributed by atoms with E-state index < -0.39 is 0 Å². The Morgan fingerprint density at radius 2 is 1.65 bits per heavy atom. The van der Waals surface area contributed by atoms with Crippen LogP contribution in [0.15, 0.2) is 59.5 Å². The Balaban J connectivity index is 1.65. The van der Waals surface area contributed by atoms with Crippen LogP contribution in [0.2, 0.25) is 0 Å². The average molecular weight is 369 g/mol. The number of anilines is 1. The average Bonchev–Trinajstić information content (AvgIpc) is 3.16. The smallest absolute Gasteiger partial charge is 0.253 e. The number of benzene rings is 2. The number of carbonyl (C=O) groups is 2. The Bertz CT molecular complexity index is 758. The second kappa shape index (κ2) is 8.90. The Morgan fingerprint density at radius 3 is 2.38 bits per heavy atom. The van der Waals surface area contributed by atoms with Crippen LogP contribution in [0.3, 0.4) is 0 Å². The maximum atomic E-state index is 12.6. The molecule has 0 bridgehead atoms. The molecule has 0 radical (unpaired) electrons. The summed E-state index contributed by atoms with van der Waals surface area (Å²) in [5.41, 5.74) is 1.08. The van der Waals surface area contributed by atoms with Gasteiger partial charge in [0.1, 0.15) is 0 Å². The normalized spacial score (nSPS) is 15.4. The summed E-state index contributed by atoms with van der Waals surface area (Å²) >= 11 is 1.50. The number of thioether (sulfide) groups is 1. The fourth-order valence-electron chi connectivity index (χ4n) is 3.11. The number of amides is 2. The molecule has 5 heteroatoms. The molecule has 3 rings (SSSR count). The number of carbonyl (C=O) groups excluding carboxylic acids is 2. The van der Waals surface area contributed by atoms with Gasteiger partial charge in [-0.1, -0.05) is 43.2 Å². The second-order valence-corrected chi connectivity index (χ2v) is 7.98. The number of rotatable bonds is 6. The molecule has 1 fully saturated rings. The minimum absolute atomic E-state index is 0.111. The maximum Gasteiger partial charge on any atom is 0.253 e. The summed E-state index contributed by atoms with van der Waals surface area (Å²) in [6, 6.07) is 17.3. The Labute approximate surface area is 158 Å². The summed E-state index contributed by atoms with van der Waals surface area (Å²) in [6.07, 6.45) is 4.39. The van der Waals surface area contributed by atoms with E-state index in [-0.39, 0.29) is 23.1 Å². The van der Waals surface area contributed by atoms with Crippen molar-refractivity contribution in [1.82, 2.24) is 5.32 Å². The molecule has 2 amide bonds. The molecule has 0 aromatic heterocycles. The van der Waals surface area contributed by atoms with Crippen LogP contribution in [0.1, 0.15) is 43.0 Å². The van der Waals surface area contributed by atoms with Gasteiger partial charge in [0.2, 0.25) is 5.91 Å². The van der Waals surface area contributed by atoms with E-state index in [1.165, 1.54) is 11.8 Å². The highest BCUT2D eigenvalue weighted by Gasteiger charge is 2.21. The zero-order valence-electron chi connectivity index (χ0n) is 14.9. The highest BCUT2D eigenvalue weighted by molar-refractivity contribution is 8.00. The van der Waals surface area contributed by atoms with Gasteiger partial charge in [0.25, 0.3) is 5.91 Å². The van der Waals surface area contributed by atoms with Crippen molar-refractivity contribution < 1.29 is 9.59 Å². The first-order chi connectivity index (χ1) is 12.6. The Kier molecular flexibility index (Phi) is 6.34. The molecular formula is C21H24N2O2S. The van der Waals surface area contributed by atoms with Crippen LogP contribution < -0.4 is 10.6 Å². The maximum absolute atomic E-state index is 12.6. The summed E-state index contributed by atoms with van der Waals surface area (Å²) in [4.78, 5) is 26.2. The Hall–Kier alpha value is -2.27. The molecule has 2 N–H and O–H groups in total. The molecule has 0 spiro atoms. The zero-order chi connectivity index (χ0) is 18.4. The molecule has 0 aliphatic heterocycles. The standard InChI is InChI=1S/C21H24N2O2S/c1-15(26-17-11-3-2-4-12-17)20(24)23-19-14-8-7-13-18(19)21(25)22-16-9-5-6-10-16/h2-4,7-8,11-16H,5-6,9-10H2,1H3,(H,22,25)(H,23,24)/t15-/m0/s1. The van der Waals surface area contributed by atoms with Crippen LogP contribution in [0.5, 0.6) is 0 Å². The predicted molar refractivity (Wildman–Crippen MR) is 107 cm³/mol. The van der Waals surface area contributed by atoms with Crippen LogP contribution in [-0.4, -0.2) is 23.1 Å². The van der Waals surface area contributed by atoms with Gasteiger partial charge in [-0.05, 0) is 44.0 Å². The van der Waals surface area contributed by atoms with E-state index in [1.807, 2.05) is 49.4 Å². The van der Waals surface area contributed by atoms with E-state index in [2.05, 4.69) is 10.6 Å². The van der Waals surface area contributed by atoms with Gasteiger partial charge in [-0.2, -0.15) is 0 Å².